The van der Waals surface area contributed by atoms with Gasteiger partial charge in [0, 0.05) is 10.5 Å². The number of hydrogen-bond donors (Lipinski definition) is 2. The van der Waals surface area contributed by atoms with Gasteiger partial charge in [-0.3, -0.25) is 0 Å². The van der Waals surface area contributed by atoms with Gasteiger partial charge in [-0.2, -0.15) is 0 Å². The van der Waals surface area contributed by atoms with E-state index in [4.69, 9.17) is 14.9 Å². The molecule has 18 heavy (non-hydrogen) atoms. The molecule has 0 bridgehead atoms. The van der Waals surface area contributed by atoms with Crippen LogP contribution in [0.25, 0.3) is 0 Å². The van der Waals surface area contributed by atoms with Gasteiger partial charge in [-0.05, 0) is 35.0 Å². The maximum Gasteiger partial charge on any atom is 0.320 e. The van der Waals surface area contributed by atoms with Crippen LogP contribution in [-0.4, -0.2) is 17.3 Å². The van der Waals surface area contributed by atoms with Crippen molar-refractivity contribution in [3.8, 4) is 5.75 Å². The van der Waals surface area contributed by atoms with Crippen molar-refractivity contribution in [2.24, 2.45) is 5.73 Å². The van der Waals surface area contributed by atoms with Crippen molar-refractivity contribution in [3.63, 3.8) is 0 Å². The third-order valence-corrected chi connectivity index (χ3v) is 2.94. The van der Waals surface area contributed by atoms with Crippen LogP contribution in [0.3, 0.4) is 0 Å². The minimum Gasteiger partial charge on any atom is -0.497 e. The standard InChI is InChI=1S/C11H13BrN4O2/c1-6(13)10-15-16-11(18-10)14-9-5-7(17-2)3-4-8(9)12/h3-6H,13H2,1-2H3,(H,14,16). The molecule has 7 heteroatoms. The molecule has 0 radical (unpaired) electrons. The molecule has 0 fully saturated rings. The van der Waals surface area contributed by atoms with Gasteiger partial charge in [-0.1, -0.05) is 5.10 Å². The maximum atomic E-state index is 5.64. The second kappa shape index (κ2) is 5.36. The smallest absolute Gasteiger partial charge is 0.320 e. The third kappa shape index (κ3) is 2.80. The van der Waals surface area contributed by atoms with E-state index in [0.29, 0.717) is 5.89 Å². The number of halogens is 1. The summed E-state index contributed by atoms with van der Waals surface area (Å²) in [4.78, 5) is 0. The van der Waals surface area contributed by atoms with Crippen molar-refractivity contribution >= 4 is 27.6 Å². The fourth-order valence-corrected chi connectivity index (χ4v) is 1.66. The predicted molar refractivity (Wildman–Crippen MR) is 70.9 cm³/mol. The summed E-state index contributed by atoms with van der Waals surface area (Å²) in [5.41, 5.74) is 6.42. The summed E-state index contributed by atoms with van der Waals surface area (Å²) in [6.45, 7) is 1.78. The largest absolute Gasteiger partial charge is 0.497 e. The molecule has 1 aromatic heterocycles. The van der Waals surface area contributed by atoms with E-state index in [2.05, 4.69) is 31.4 Å². The number of nitrogens with zero attached hydrogens (tertiary/aromatic N) is 2. The minimum absolute atomic E-state index is 0.288. The Hall–Kier alpha value is -1.60. The number of nitrogens with one attached hydrogen (secondary N) is 1. The molecular formula is C11H13BrN4O2. The molecule has 0 aliphatic rings. The number of nitrogens with two attached hydrogens (primary N) is 1. The molecule has 2 rings (SSSR count). The Morgan fingerprint density at radius 1 is 1.44 bits per heavy atom. The summed E-state index contributed by atoms with van der Waals surface area (Å²) >= 11 is 3.42. The van der Waals surface area contributed by atoms with Crippen molar-refractivity contribution in [1.29, 1.82) is 0 Å². The van der Waals surface area contributed by atoms with Crippen LogP contribution in [0.1, 0.15) is 18.9 Å². The Balaban J connectivity index is 2.22. The average Bonchev–Trinajstić information content (AvgIpc) is 2.81. The number of rotatable bonds is 4. The molecule has 0 aliphatic carbocycles. The highest BCUT2D eigenvalue weighted by molar-refractivity contribution is 9.10. The summed E-state index contributed by atoms with van der Waals surface area (Å²) in [5.74, 6) is 1.11. The molecule has 0 amide bonds. The molecule has 0 saturated carbocycles. The Bertz CT molecular complexity index is 542. The normalized spacial score (nSPS) is 12.2. The van der Waals surface area contributed by atoms with E-state index in [9.17, 15) is 0 Å². The predicted octanol–water partition coefficient (Wildman–Crippen LogP) is 2.60. The topological polar surface area (TPSA) is 86.2 Å². The molecule has 1 unspecified atom stereocenters. The highest BCUT2D eigenvalue weighted by atomic mass is 79.9. The van der Waals surface area contributed by atoms with Gasteiger partial charge in [-0.15, -0.1) is 5.10 Å². The summed E-state index contributed by atoms with van der Waals surface area (Å²) < 4.78 is 11.4. The molecule has 6 nitrogen and oxygen atoms in total. The number of aromatic nitrogens is 2. The maximum absolute atomic E-state index is 5.64. The van der Waals surface area contributed by atoms with E-state index >= 15 is 0 Å². The number of ether oxygens (including phenoxy) is 1. The van der Waals surface area contributed by atoms with E-state index in [-0.39, 0.29) is 12.1 Å². The minimum atomic E-state index is -0.290. The van der Waals surface area contributed by atoms with Gasteiger partial charge in [0.1, 0.15) is 5.75 Å². The first kappa shape index (κ1) is 12.8. The van der Waals surface area contributed by atoms with E-state index < -0.39 is 0 Å². The Labute approximate surface area is 113 Å². The second-order valence-corrected chi connectivity index (χ2v) is 4.56. The average molecular weight is 313 g/mol. The van der Waals surface area contributed by atoms with E-state index in [0.717, 1.165) is 15.9 Å². The van der Waals surface area contributed by atoms with Gasteiger partial charge >= 0.3 is 6.01 Å². The van der Waals surface area contributed by atoms with Crippen molar-refractivity contribution in [3.05, 3.63) is 28.6 Å². The van der Waals surface area contributed by atoms with Crippen molar-refractivity contribution < 1.29 is 9.15 Å². The number of hydrogen-bond acceptors (Lipinski definition) is 6. The fraction of sp³-hybridized carbons (Fsp3) is 0.273. The van der Waals surface area contributed by atoms with Gasteiger partial charge in [0.15, 0.2) is 0 Å². The van der Waals surface area contributed by atoms with Crippen LogP contribution in [0.4, 0.5) is 11.7 Å². The van der Waals surface area contributed by atoms with Crippen molar-refractivity contribution in [1.82, 2.24) is 10.2 Å². The molecule has 0 saturated heterocycles. The first-order chi connectivity index (χ1) is 8.60. The molecule has 96 valence electrons. The lowest BCUT2D eigenvalue weighted by molar-refractivity contribution is 0.415. The van der Waals surface area contributed by atoms with Crippen LogP contribution in [0.2, 0.25) is 0 Å². The van der Waals surface area contributed by atoms with Gasteiger partial charge < -0.3 is 20.2 Å². The zero-order chi connectivity index (χ0) is 13.1. The van der Waals surface area contributed by atoms with Gasteiger partial charge in [-0.25, -0.2) is 0 Å². The van der Waals surface area contributed by atoms with Crippen molar-refractivity contribution in [2.45, 2.75) is 13.0 Å². The zero-order valence-electron chi connectivity index (χ0n) is 9.98. The SMILES string of the molecule is COc1ccc(Br)c(Nc2nnc(C(C)N)o2)c1. The molecule has 1 heterocycles. The number of benzene rings is 1. The lowest BCUT2D eigenvalue weighted by atomic mass is 10.3. The Morgan fingerprint density at radius 2 is 2.22 bits per heavy atom. The summed E-state index contributed by atoms with van der Waals surface area (Å²) in [6.07, 6.45) is 0. The van der Waals surface area contributed by atoms with Crippen LogP contribution in [0.5, 0.6) is 5.75 Å². The number of anilines is 2. The highest BCUT2D eigenvalue weighted by Gasteiger charge is 2.11. The molecule has 2 aromatic rings. The monoisotopic (exact) mass is 312 g/mol. The van der Waals surface area contributed by atoms with E-state index in [1.807, 2.05) is 18.2 Å². The zero-order valence-corrected chi connectivity index (χ0v) is 11.6. The van der Waals surface area contributed by atoms with Crippen molar-refractivity contribution in [2.75, 3.05) is 12.4 Å². The third-order valence-electron chi connectivity index (χ3n) is 2.25. The molecular weight excluding hydrogens is 300 g/mol. The second-order valence-electron chi connectivity index (χ2n) is 3.70. The van der Waals surface area contributed by atoms with E-state index in [1.165, 1.54) is 0 Å². The fourth-order valence-electron chi connectivity index (χ4n) is 1.31. The molecule has 0 spiro atoms. The highest BCUT2D eigenvalue weighted by Crippen LogP contribution is 2.29. The van der Waals surface area contributed by atoms with Crippen LogP contribution >= 0.6 is 15.9 Å². The molecule has 3 N–H and O–H groups in total. The quantitative estimate of drug-likeness (QED) is 0.902. The Kier molecular flexibility index (Phi) is 3.83. The lowest BCUT2D eigenvalue weighted by Crippen LogP contribution is -2.04. The summed E-state index contributed by atoms with van der Waals surface area (Å²) in [6, 6.07) is 5.53. The molecule has 1 aromatic carbocycles. The summed E-state index contributed by atoms with van der Waals surface area (Å²) in [7, 11) is 1.61. The molecule has 0 aliphatic heterocycles. The first-order valence-corrected chi connectivity index (χ1v) is 6.09. The first-order valence-electron chi connectivity index (χ1n) is 5.29. The number of methoxy groups -OCH3 is 1. The van der Waals surface area contributed by atoms with Crippen LogP contribution < -0.4 is 15.8 Å². The Morgan fingerprint density at radius 3 is 2.83 bits per heavy atom. The van der Waals surface area contributed by atoms with Crippen LogP contribution in [0.15, 0.2) is 27.1 Å². The lowest BCUT2D eigenvalue weighted by Gasteiger charge is -2.06. The van der Waals surface area contributed by atoms with Gasteiger partial charge in [0.2, 0.25) is 5.89 Å². The summed E-state index contributed by atoms with van der Waals surface area (Å²) in [5, 5.41) is 10.7. The van der Waals surface area contributed by atoms with Crippen LogP contribution in [0, 0.1) is 0 Å². The van der Waals surface area contributed by atoms with Crippen LogP contribution in [-0.2, 0) is 0 Å². The van der Waals surface area contributed by atoms with Gasteiger partial charge in [0.25, 0.3) is 0 Å². The van der Waals surface area contributed by atoms with E-state index in [1.54, 1.807) is 14.0 Å². The molecule has 1 atom stereocenters. The van der Waals surface area contributed by atoms with Gasteiger partial charge in [0.05, 0.1) is 18.8 Å².